The average molecular weight is 266 g/mol. The fourth-order valence-electron chi connectivity index (χ4n) is 1.66. The predicted molar refractivity (Wildman–Crippen MR) is 75.5 cm³/mol. The number of thiocarbonyl (C=S) groups is 1. The number of amides is 1. The highest BCUT2D eigenvalue weighted by Crippen LogP contribution is 2.12. The van der Waals surface area contributed by atoms with Gasteiger partial charge in [-0.2, -0.15) is 0 Å². The third-order valence-electron chi connectivity index (χ3n) is 2.63. The summed E-state index contributed by atoms with van der Waals surface area (Å²) in [5, 5.41) is 9.34. The number of carbonyl (C=O) groups is 1. The van der Waals surface area contributed by atoms with Crippen molar-refractivity contribution < 1.29 is 9.90 Å². The second kappa shape index (κ2) is 6.96. The molecule has 0 aromatic heterocycles. The van der Waals surface area contributed by atoms with Crippen LogP contribution in [0.3, 0.4) is 0 Å². The zero-order valence-corrected chi connectivity index (χ0v) is 11.2. The van der Waals surface area contributed by atoms with Crippen LogP contribution < -0.4 is 5.73 Å². The van der Waals surface area contributed by atoms with Gasteiger partial charge in [-0.1, -0.05) is 24.4 Å². The molecule has 1 amide bonds. The summed E-state index contributed by atoms with van der Waals surface area (Å²) in [7, 11) is 0. The first-order chi connectivity index (χ1) is 8.52. The molecule has 0 atom stereocenters. The summed E-state index contributed by atoms with van der Waals surface area (Å²) in [5.74, 6) is 0.186. The third kappa shape index (κ3) is 4.71. The van der Waals surface area contributed by atoms with Crippen molar-refractivity contribution in [2.24, 2.45) is 5.73 Å². The number of likely N-dealkylation sites (N-methyl/N-ethyl adjacent to an activating group) is 1. The van der Waals surface area contributed by atoms with Crippen molar-refractivity contribution in [1.29, 1.82) is 0 Å². The van der Waals surface area contributed by atoms with Gasteiger partial charge in [0.15, 0.2) is 0 Å². The lowest BCUT2D eigenvalue weighted by atomic mass is 10.1. The number of rotatable bonds is 6. The number of phenols is 1. The van der Waals surface area contributed by atoms with Gasteiger partial charge in [-0.3, -0.25) is 4.79 Å². The van der Waals surface area contributed by atoms with Crippen molar-refractivity contribution in [3.05, 3.63) is 29.8 Å². The minimum Gasteiger partial charge on any atom is -0.508 e. The Kier molecular flexibility index (Phi) is 5.58. The summed E-state index contributed by atoms with van der Waals surface area (Å²) >= 11 is 4.80. The molecule has 1 aromatic rings. The zero-order valence-electron chi connectivity index (χ0n) is 10.4. The molecule has 0 heterocycles. The van der Waals surface area contributed by atoms with Crippen LogP contribution in [-0.4, -0.2) is 34.0 Å². The van der Waals surface area contributed by atoms with Crippen molar-refractivity contribution >= 4 is 23.1 Å². The first-order valence-electron chi connectivity index (χ1n) is 5.87. The number of nitrogens with zero attached hydrogens (tertiary/aromatic N) is 1. The van der Waals surface area contributed by atoms with Gasteiger partial charge in [0.1, 0.15) is 5.75 Å². The summed E-state index contributed by atoms with van der Waals surface area (Å²) in [6.45, 7) is 3.09. The molecule has 0 radical (unpaired) electrons. The average Bonchev–Trinajstić information content (AvgIpc) is 2.29. The molecule has 0 aliphatic carbocycles. The van der Waals surface area contributed by atoms with E-state index in [0.717, 1.165) is 5.56 Å². The number of hydrogen-bond acceptors (Lipinski definition) is 3. The van der Waals surface area contributed by atoms with Crippen molar-refractivity contribution in [2.75, 3.05) is 13.1 Å². The number of aromatic hydroxyl groups is 1. The molecule has 0 saturated heterocycles. The van der Waals surface area contributed by atoms with Crippen LogP contribution in [0.2, 0.25) is 0 Å². The molecular formula is C13H18N2O2S. The van der Waals surface area contributed by atoms with Crippen LogP contribution in [0.5, 0.6) is 5.75 Å². The highest BCUT2D eigenvalue weighted by Gasteiger charge is 2.12. The lowest BCUT2D eigenvalue weighted by Crippen LogP contribution is -2.34. The van der Waals surface area contributed by atoms with Gasteiger partial charge in [-0.25, -0.2) is 0 Å². The summed E-state index contributed by atoms with van der Waals surface area (Å²) in [5.41, 5.74) is 6.23. The van der Waals surface area contributed by atoms with E-state index < -0.39 is 0 Å². The molecule has 0 aliphatic rings. The monoisotopic (exact) mass is 266 g/mol. The van der Waals surface area contributed by atoms with Crippen LogP contribution in [0.25, 0.3) is 0 Å². The molecule has 0 fully saturated rings. The van der Waals surface area contributed by atoms with Crippen LogP contribution in [0.15, 0.2) is 24.3 Å². The van der Waals surface area contributed by atoms with Crippen LogP contribution >= 0.6 is 12.2 Å². The third-order valence-corrected chi connectivity index (χ3v) is 2.83. The Balaban J connectivity index is 2.59. The Morgan fingerprint density at radius 3 is 2.78 bits per heavy atom. The van der Waals surface area contributed by atoms with Gasteiger partial charge >= 0.3 is 0 Å². The fourth-order valence-corrected chi connectivity index (χ4v) is 1.75. The van der Waals surface area contributed by atoms with Crippen molar-refractivity contribution in [3.8, 4) is 5.75 Å². The fraction of sp³-hybridized carbons (Fsp3) is 0.385. The van der Waals surface area contributed by atoms with Crippen molar-refractivity contribution in [2.45, 2.75) is 19.8 Å². The second-order valence-corrected chi connectivity index (χ2v) is 4.56. The van der Waals surface area contributed by atoms with Gasteiger partial charge in [0.05, 0.1) is 11.4 Å². The summed E-state index contributed by atoms with van der Waals surface area (Å²) < 4.78 is 0. The molecule has 0 saturated carbocycles. The van der Waals surface area contributed by atoms with E-state index in [9.17, 15) is 9.90 Å². The van der Waals surface area contributed by atoms with Crippen LogP contribution in [0.1, 0.15) is 18.9 Å². The Hall–Kier alpha value is -1.62. The predicted octanol–water partition coefficient (Wildman–Crippen LogP) is 1.46. The highest BCUT2D eigenvalue weighted by molar-refractivity contribution is 7.80. The smallest absolute Gasteiger partial charge is 0.226 e. The van der Waals surface area contributed by atoms with E-state index in [1.165, 1.54) is 0 Å². The molecule has 98 valence electrons. The molecule has 1 rings (SSSR count). The van der Waals surface area contributed by atoms with E-state index in [4.69, 9.17) is 18.0 Å². The maximum atomic E-state index is 12.0. The molecule has 4 nitrogen and oxygen atoms in total. The van der Waals surface area contributed by atoms with E-state index >= 15 is 0 Å². The highest BCUT2D eigenvalue weighted by atomic mass is 32.1. The van der Waals surface area contributed by atoms with Gasteiger partial charge in [0.25, 0.3) is 0 Å². The number of benzene rings is 1. The molecule has 3 N–H and O–H groups in total. The van der Waals surface area contributed by atoms with Crippen LogP contribution in [-0.2, 0) is 11.2 Å². The Morgan fingerprint density at radius 1 is 1.50 bits per heavy atom. The summed E-state index contributed by atoms with van der Waals surface area (Å²) in [6.07, 6.45) is 0.814. The Labute approximate surface area is 112 Å². The lowest BCUT2D eigenvalue weighted by Gasteiger charge is -2.20. The van der Waals surface area contributed by atoms with Gasteiger partial charge in [0.2, 0.25) is 5.91 Å². The lowest BCUT2D eigenvalue weighted by molar-refractivity contribution is -0.130. The first kappa shape index (κ1) is 14.4. The van der Waals surface area contributed by atoms with Crippen molar-refractivity contribution in [1.82, 2.24) is 4.90 Å². The van der Waals surface area contributed by atoms with Gasteiger partial charge in [-0.05, 0) is 24.6 Å². The van der Waals surface area contributed by atoms with Gasteiger partial charge in [-0.15, -0.1) is 0 Å². The summed E-state index contributed by atoms with van der Waals surface area (Å²) in [4.78, 5) is 14.2. The molecular weight excluding hydrogens is 248 g/mol. The Bertz CT molecular complexity index is 435. The van der Waals surface area contributed by atoms with Crippen molar-refractivity contribution in [3.63, 3.8) is 0 Å². The van der Waals surface area contributed by atoms with E-state index in [2.05, 4.69) is 0 Å². The molecule has 1 aromatic carbocycles. The topological polar surface area (TPSA) is 66.6 Å². The minimum absolute atomic E-state index is 0.0133. The maximum absolute atomic E-state index is 12.0. The molecule has 0 aliphatic heterocycles. The Morgan fingerprint density at radius 2 is 2.22 bits per heavy atom. The zero-order chi connectivity index (χ0) is 13.5. The van der Waals surface area contributed by atoms with Crippen LogP contribution in [0.4, 0.5) is 0 Å². The van der Waals surface area contributed by atoms with E-state index in [0.29, 0.717) is 24.5 Å². The SMILES string of the molecule is CCN(CCC(N)=S)C(=O)Cc1cccc(O)c1. The minimum atomic E-state index is 0.0133. The molecule has 0 spiro atoms. The number of carbonyl (C=O) groups excluding carboxylic acids is 1. The number of hydrogen-bond donors (Lipinski definition) is 2. The molecule has 0 bridgehead atoms. The molecule has 18 heavy (non-hydrogen) atoms. The van der Waals surface area contributed by atoms with Crippen LogP contribution in [0, 0.1) is 0 Å². The van der Waals surface area contributed by atoms with E-state index in [1.807, 2.05) is 13.0 Å². The van der Waals surface area contributed by atoms with E-state index in [-0.39, 0.29) is 18.1 Å². The van der Waals surface area contributed by atoms with E-state index in [1.54, 1.807) is 23.1 Å². The van der Waals surface area contributed by atoms with Gasteiger partial charge < -0.3 is 15.7 Å². The standard InChI is InChI=1S/C13H18N2O2S/c1-2-15(7-6-12(14)18)13(17)9-10-4-3-5-11(16)8-10/h3-5,8,16H,2,6-7,9H2,1H3,(H2,14,18). The maximum Gasteiger partial charge on any atom is 0.226 e. The first-order valence-corrected chi connectivity index (χ1v) is 6.27. The van der Waals surface area contributed by atoms with Gasteiger partial charge in [0, 0.05) is 19.5 Å². The number of nitrogens with two attached hydrogens (primary N) is 1. The molecule has 0 unspecified atom stereocenters. The normalized spacial score (nSPS) is 10.1. The second-order valence-electron chi connectivity index (χ2n) is 4.04. The molecule has 5 heteroatoms. The number of phenolic OH excluding ortho intramolecular Hbond substituents is 1. The quantitative estimate of drug-likeness (QED) is 0.765. The largest absolute Gasteiger partial charge is 0.508 e. The summed E-state index contributed by atoms with van der Waals surface area (Å²) in [6, 6.07) is 6.72.